The minimum atomic E-state index is -0.289. The van der Waals surface area contributed by atoms with Crippen LogP contribution in [0.4, 0.5) is 4.79 Å². The molecule has 2 aliphatic rings. The van der Waals surface area contributed by atoms with Crippen LogP contribution in [0.15, 0.2) is 16.9 Å². The van der Waals surface area contributed by atoms with Crippen molar-refractivity contribution >= 4 is 23.8 Å². The zero-order valence-corrected chi connectivity index (χ0v) is 23.3. The Hall–Kier alpha value is -3.17. The molecule has 202 valence electrons. The molecule has 0 saturated carbocycles. The molecule has 36 heavy (non-hydrogen) atoms. The summed E-state index contributed by atoms with van der Waals surface area (Å²) in [6, 6.07) is 3.28. The number of nitrogens with one attached hydrogen (secondary N) is 3. The largest absolute Gasteiger partial charge is 0.482 e. The summed E-state index contributed by atoms with van der Waals surface area (Å²) in [4.78, 5) is 59.6. The van der Waals surface area contributed by atoms with Gasteiger partial charge in [0.15, 0.2) is 5.88 Å². The van der Waals surface area contributed by atoms with Gasteiger partial charge in [0.05, 0.1) is 7.11 Å². The summed E-state index contributed by atoms with van der Waals surface area (Å²) in [7, 11) is 1.53. The number of imide groups is 2. The number of methoxy groups -OCH3 is 1. The van der Waals surface area contributed by atoms with Crippen LogP contribution in [-0.4, -0.2) is 52.8 Å². The third-order valence-corrected chi connectivity index (χ3v) is 5.80. The summed E-state index contributed by atoms with van der Waals surface area (Å²) >= 11 is 0. The second-order valence-electron chi connectivity index (χ2n) is 12.0. The SMILES string of the molecule is CC(C)(C)C1CCC(=O)NC1=O.CC(C)(C)N1CC(=O)NC1=O.COc1ccc(C(C)(C)C)c(=O)[nH]1. The zero-order chi connectivity index (χ0) is 28.1. The van der Waals surface area contributed by atoms with Gasteiger partial charge in [-0.25, -0.2) is 4.79 Å². The van der Waals surface area contributed by atoms with E-state index in [-0.39, 0.29) is 58.1 Å². The van der Waals surface area contributed by atoms with E-state index in [0.717, 1.165) is 5.56 Å². The van der Waals surface area contributed by atoms with E-state index in [2.05, 4.69) is 15.6 Å². The van der Waals surface area contributed by atoms with E-state index in [9.17, 15) is 24.0 Å². The van der Waals surface area contributed by atoms with Crippen LogP contribution in [-0.2, 0) is 19.8 Å². The van der Waals surface area contributed by atoms with E-state index >= 15 is 0 Å². The second-order valence-corrected chi connectivity index (χ2v) is 12.0. The molecule has 0 radical (unpaired) electrons. The lowest BCUT2D eigenvalue weighted by atomic mass is 9.76. The maximum atomic E-state index is 11.5. The number of amides is 5. The molecule has 2 aliphatic heterocycles. The monoisotopic (exact) mass is 506 g/mol. The van der Waals surface area contributed by atoms with Gasteiger partial charge >= 0.3 is 6.03 Å². The molecule has 0 aromatic carbocycles. The normalized spacial score (nSPS) is 18.4. The molecule has 1 atom stereocenters. The summed E-state index contributed by atoms with van der Waals surface area (Å²) in [6.07, 6.45) is 1.17. The third kappa shape index (κ3) is 9.13. The fourth-order valence-corrected chi connectivity index (χ4v) is 3.67. The van der Waals surface area contributed by atoms with Gasteiger partial charge in [0, 0.05) is 23.4 Å². The molecule has 1 aromatic heterocycles. The number of aromatic amines is 1. The van der Waals surface area contributed by atoms with Crippen molar-refractivity contribution in [3.05, 3.63) is 28.0 Å². The average molecular weight is 507 g/mol. The van der Waals surface area contributed by atoms with Crippen LogP contribution in [0.3, 0.4) is 0 Å². The molecule has 2 saturated heterocycles. The standard InChI is InChI=1S/C10H15NO2.C9H15NO2.C7H12N2O2/c1-10(2,3)7-5-6-8(13-4)11-9(7)12;1-9(2,3)6-4-5-7(11)10-8(6)12;1-7(2,3)9-4-5(10)8-6(9)11/h5-6H,1-4H3,(H,11,12);6H,4-5H2,1-3H3,(H,10,11,12);4H2,1-3H3,(H,8,10,11). The van der Waals surface area contributed by atoms with E-state index in [1.807, 2.05) is 62.3 Å². The highest BCUT2D eigenvalue weighted by atomic mass is 16.5. The Morgan fingerprint density at radius 1 is 0.861 bits per heavy atom. The van der Waals surface area contributed by atoms with Gasteiger partial charge in [0.25, 0.3) is 5.56 Å². The molecule has 0 aliphatic carbocycles. The summed E-state index contributed by atoms with van der Waals surface area (Å²) in [6.45, 7) is 17.9. The number of piperidine rings is 1. The molecule has 1 unspecified atom stereocenters. The van der Waals surface area contributed by atoms with Crippen LogP contribution in [0.1, 0.15) is 80.7 Å². The Bertz CT molecular complexity index is 1020. The Morgan fingerprint density at radius 3 is 1.78 bits per heavy atom. The van der Waals surface area contributed by atoms with E-state index in [4.69, 9.17) is 4.74 Å². The van der Waals surface area contributed by atoms with Crippen molar-refractivity contribution in [2.45, 2.75) is 86.1 Å². The molecule has 0 bridgehead atoms. The number of rotatable bonds is 1. The highest BCUT2D eigenvalue weighted by Gasteiger charge is 2.35. The molecule has 2 fully saturated rings. The number of carbonyl (C=O) groups excluding carboxylic acids is 4. The molecule has 1 aromatic rings. The number of ether oxygens (including phenoxy) is 1. The molecule has 10 heteroatoms. The molecule has 0 spiro atoms. The Labute approximate surface area is 213 Å². The van der Waals surface area contributed by atoms with Gasteiger partial charge in [-0.3, -0.25) is 34.8 Å². The molecule has 10 nitrogen and oxygen atoms in total. The van der Waals surface area contributed by atoms with Crippen LogP contribution in [0, 0.1) is 11.3 Å². The predicted octanol–water partition coefficient (Wildman–Crippen LogP) is 3.10. The zero-order valence-electron chi connectivity index (χ0n) is 23.3. The van der Waals surface area contributed by atoms with Gasteiger partial charge in [-0.05, 0) is 50.2 Å². The van der Waals surface area contributed by atoms with Gasteiger partial charge in [-0.15, -0.1) is 0 Å². The lowest BCUT2D eigenvalue weighted by molar-refractivity contribution is -0.139. The number of urea groups is 1. The molecule has 3 rings (SSSR count). The number of aromatic nitrogens is 1. The third-order valence-electron chi connectivity index (χ3n) is 5.80. The second kappa shape index (κ2) is 11.7. The Balaban J connectivity index is 0.000000271. The summed E-state index contributed by atoms with van der Waals surface area (Å²) in [5, 5.41) is 4.58. The van der Waals surface area contributed by atoms with E-state index in [1.165, 1.54) is 12.0 Å². The van der Waals surface area contributed by atoms with Gasteiger partial charge in [0.1, 0.15) is 6.54 Å². The van der Waals surface area contributed by atoms with Gasteiger partial charge in [-0.1, -0.05) is 41.5 Å². The van der Waals surface area contributed by atoms with Crippen LogP contribution in [0.25, 0.3) is 0 Å². The topological polar surface area (TPSA) is 138 Å². The molecule has 3 N–H and O–H groups in total. The van der Waals surface area contributed by atoms with Crippen molar-refractivity contribution in [1.82, 2.24) is 20.5 Å². The van der Waals surface area contributed by atoms with Crippen molar-refractivity contribution < 1.29 is 23.9 Å². The fourth-order valence-electron chi connectivity index (χ4n) is 3.67. The number of hydrogen-bond donors (Lipinski definition) is 3. The van der Waals surface area contributed by atoms with E-state index in [0.29, 0.717) is 18.7 Å². The lowest BCUT2D eigenvalue weighted by Gasteiger charge is -2.31. The van der Waals surface area contributed by atoms with Crippen molar-refractivity contribution in [3.8, 4) is 5.88 Å². The van der Waals surface area contributed by atoms with Crippen molar-refractivity contribution in [3.63, 3.8) is 0 Å². The first-order chi connectivity index (χ1) is 16.3. The summed E-state index contributed by atoms with van der Waals surface area (Å²) < 4.78 is 4.91. The minimum Gasteiger partial charge on any atom is -0.482 e. The van der Waals surface area contributed by atoms with Crippen molar-refractivity contribution in [1.29, 1.82) is 0 Å². The predicted molar refractivity (Wildman–Crippen MR) is 138 cm³/mol. The van der Waals surface area contributed by atoms with Gasteiger partial charge < -0.3 is 9.64 Å². The number of H-pyrrole nitrogens is 1. The van der Waals surface area contributed by atoms with Crippen LogP contribution in [0.2, 0.25) is 0 Å². The summed E-state index contributed by atoms with van der Waals surface area (Å²) in [5.74, 6) is 0.0115. The van der Waals surface area contributed by atoms with Crippen LogP contribution < -0.4 is 20.9 Å². The van der Waals surface area contributed by atoms with Crippen molar-refractivity contribution in [2.75, 3.05) is 13.7 Å². The fraction of sp³-hybridized carbons (Fsp3) is 0.654. The first-order valence-electron chi connectivity index (χ1n) is 12.0. The first-order valence-corrected chi connectivity index (χ1v) is 12.0. The number of pyridine rings is 1. The van der Waals surface area contributed by atoms with E-state index < -0.39 is 0 Å². The number of nitrogens with zero attached hydrogens (tertiary/aromatic N) is 1. The summed E-state index contributed by atoms with van der Waals surface area (Å²) in [5.41, 5.74) is 0.265. The van der Waals surface area contributed by atoms with Crippen LogP contribution >= 0.6 is 0 Å². The Morgan fingerprint density at radius 2 is 1.44 bits per heavy atom. The van der Waals surface area contributed by atoms with Crippen molar-refractivity contribution in [2.24, 2.45) is 11.3 Å². The maximum absolute atomic E-state index is 11.5. The first kappa shape index (κ1) is 30.9. The molecular weight excluding hydrogens is 464 g/mol. The van der Waals surface area contributed by atoms with Crippen LogP contribution in [0.5, 0.6) is 5.88 Å². The van der Waals surface area contributed by atoms with E-state index in [1.54, 1.807) is 12.1 Å². The smallest absolute Gasteiger partial charge is 0.325 e. The quantitative estimate of drug-likeness (QED) is 0.395. The highest BCUT2D eigenvalue weighted by molar-refractivity contribution is 6.02. The molecular formula is C26H42N4O6. The molecule has 5 amide bonds. The van der Waals surface area contributed by atoms with Gasteiger partial charge in [0.2, 0.25) is 17.7 Å². The number of carbonyl (C=O) groups is 4. The van der Waals surface area contributed by atoms with Gasteiger partial charge in [-0.2, -0.15) is 0 Å². The Kier molecular flexibility index (Phi) is 10.0. The minimum absolute atomic E-state index is 0.0183. The molecule has 3 heterocycles. The number of hydrogen-bond acceptors (Lipinski definition) is 6. The maximum Gasteiger partial charge on any atom is 0.325 e. The lowest BCUT2D eigenvalue weighted by Crippen LogP contribution is -2.45. The average Bonchev–Trinajstić information content (AvgIpc) is 3.05. The highest BCUT2D eigenvalue weighted by Crippen LogP contribution is 2.31.